The number of rotatable bonds is 8. The molecule has 0 spiro atoms. The summed E-state index contributed by atoms with van der Waals surface area (Å²) in [6.45, 7) is 2.41. The Balaban J connectivity index is 2.16. The lowest BCUT2D eigenvalue weighted by Gasteiger charge is -2.06. The van der Waals surface area contributed by atoms with E-state index in [0.717, 1.165) is 17.7 Å². The maximum Gasteiger partial charge on any atom is 0.119 e. The molecule has 0 aromatic heterocycles. The van der Waals surface area contributed by atoms with Crippen LogP contribution in [0.1, 0.15) is 12.0 Å². The second-order valence-corrected chi connectivity index (χ2v) is 3.79. The zero-order valence-corrected chi connectivity index (χ0v) is 11.2. The summed E-state index contributed by atoms with van der Waals surface area (Å²) >= 11 is 0. The molecule has 0 saturated carbocycles. The van der Waals surface area contributed by atoms with Crippen LogP contribution in [0.3, 0.4) is 0 Å². The third-order valence-corrected chi connectivity index (χ3v) is 2.30. The number of benzene rings is 1. The number of ether oxygens (including phenoxy) is 3. The third-order valence-electron chi connectivity index (χ3n) is 2.30. The molecule has 0 radical (unpaired) electrons. The van der Waals surface area contributed by atoms with E-state index in [9.17, 15) is 0 Å². The van der Waals surface area contributed by atoms with Crippen LogP contribution in [0.25, 0.3) is 0 Å². The maximum atomic E-state index is 8.58. The summed E-state index contributed by atoms with van der Waals surface area (Å²) in [5.41, 5.74) is 0.865. The van der Waals surface area contributed by atoms with Crippen LogP contribution < -0.4 is 4.74 Å². The van der Waals surface area contributed by atoms with Gasteiger partial charge in [0.1, 0.15) is 12.4 Å². The predicted molar refractivity (Wildman–Crippen MR) is 73.2 cm³/mol. The fourth-order valence-electron chi connectivity index (χ4n) is 1.37. The van der Waals surface area contributed by atoms with Gasteiger partial charge in [-0.2, -0.15) is 0 Å². The fraction of sp³-hybridized carbons (Fsp3) is 0.467. The standard InChI is InChI=1S/C15H20O4/c1-17-12-13-18-10-3-11-19-15-7-5-14(6-8-15)4-2-9-16/h5-8,16H,3,9-13H2,1H3. The molecule has 0 saturated heterocycles. The topological polar surface area (TPSA) is 47.9 Å². The first-order chi connectivity index (χ1) is 9.36. The second-order valence-electron chi connectivity index (χ2n) is 3.79. The molecule has 0 bridgehead atoms. The van der Waals surface area contributed by atoms with Crippen molar-refractivity contribution < 1.29 is 19.3 Å². The molecule has 4 nitrogen and oxygen atoms in total. The Morgan fingerprint density at radius 3 is 2.53 bits per heavy atom. The number of aliphatic hydroxyl groups is 1. The molecule has 0 unspecified atom stereocenters. The van der Waals surface area contributed by atoms with Crippen LogP contribution in [0.2, 0.25) is 0 Å². The van der Waals surface area contributed by atoms with E-state index in [-0.39, 0.29) is 6.61 Å². The lowest BCUT2D eigenvalue weighted by Crippen LogP contribution is -2.06. The molecular formula is C15H20O4. The average Bonchev–Trinajstić information content (AvgIpc) is 2.45. The molecule has 4 heteroatoms. The average molecular weight is 264 g/mol. The summed E-state index contributed by atoms with van der Waals surface area (Å²) < 4.78 is 15.8. The van der Waals surface area contributed by atoms with Crippen molar-refractivity contribution in [2.24, 2.45) is 0 Å². The highest BCUT2D eigenvalue weighted by Gasteiger charge is 1.94. The van der Waals surface area contributed by atoms with Gasteiger partial charge >= 0.3 is 0 Å². The number of methoxy groups -OCH3 is 1. The van der Waals surface area contributed by atoms with Gasteiger partial charge in [0.05, 0.1) is 19.8 Å². The monoisotopic (exact) mass is 264 g/mol. The van der Waals surface area contributed by atoms with Gasteiger partial charge < -0.3 is 19.3 Å². The van der Waals surface area contributed by atoms with Crippen LogP contribution in [-0.2, 0) is 9.47 Å². The van der Waals surface area contributed by atoms with Gasteiger partial charge in [-0.05, 0) is 24.3 Å². The van der Waals surface area contributed by atoms with E-state index in [1.807, 2.05) is 24.3 Å². The van der Waals surface area contributed by atoms with Crippen molar-refractivity contribution in [2.75, 3.05) is 40.1 Å². The summed E-state index contributed by atoms with van der Waals surface area (Å²) in [7, 11) is 1.65. The minimum atomic E-state index is -0.124. The summed E-state index contributed by atoms with van der Waals surface area (Å²) in [6, 6.07) is 7.47. The van der Waals surface area contributed by atoms with Crippen LogP contribution in [-0.4, -0.2) is 45.3 Å². The summed E-state index contributed by atoms with van der Waals surface area (Å²) in [6.07, 6.45) is 0.843. The quantitative estimate of drug-likeness (QED) is 0.570. The highest BCUT2D eigenvalue weighted by Crippen LogP contribution is 2.11. The van der Waals surface area contributed by atoms with Crippen molar-refractivity contribution in [1.82, 2.24) is 0 Å². The molecule has 104 valence electrons. The number of hydrogen-bond acceptors (Lipinski definition) is 4. The highest BCUT2D eigenvalue weighted by atomic mass is 16.5. The molecule has 1 aromatic rings. The SMILES string of the molecule is COCCOCCCOc1ccc(C#CCO)cc1. The first-order valence-electron chi connectivity index (χ1n) is 6.26. The lowest BCUT2D eigenvalue weighted by atomic mass is 10.2. The van der Waals surface area contributed by atoms with Crippen molar-refractivity contribution in [3.63, 3.8) is 0 Å². The van der Waals surface area contributed by atoms with Crippen molar-refractivity contribution >= 4 is 0 Å². The van der Waals surface area contributed by atoms with Crippen LogP contribution in [0, 0.1) is 11.8 Å². The van der Waals surface area contributed by atoms with E-state index >= 15 is 0 Å². The molecule has 19 heavy (non-hydrogen) atoms. The van der Waals surface area contributed by atoms with Crippen molar-refractivity contribution in [3.05, 3.63) is 29.8 Å². The molecule has 0 aliphatic heterocycles. The summed E-state index contributed by atoms with van der Waals surface area (Å²) in [4.78, 5) is 0. The molecule has 1 aromatic carbocycles. The van der Waals surface area contributed by atoms with Crippen LogP contribution in [0.5, 0.6) is 5.75 Å². The Labute approximate surface area is 114 Å². The number of aliphatic hydroxyl groups excluding tert-OH is 1. The Hall–Kier alpha value is -1.54. The van der Waals surface area contributed by atoms with E-state index in [4.69, 9.17) is 19.3 Å². The van der Waals surface area contributed by atoms with Gasteiger partial charge in [0.2, 0.25) is 0 Å². The van der Waals surface area contributed by atoms with Gasteiger partial charge in [-0.3, -0.25) is 0 Å². The van der Waals surface area contributed by atoms with Crippen molar-refractivity contribution in [1.29, 1.82) is 0 Å². The largest absolute Gasteiger partial charge is 0.494 e. The zero-order chi connectivity index (χ0) is 13.8. The van der Waals surface area contributed by atoms with Gasteiger partial charge in [-0.15, -0.1) is 0 Å². The van der Waals surface area contributed by atoms with Crippen LogP contribution >= 0.6 is 0 Å². The second kappa shape index (κ2) is 10.4. The van der Waals surface area contributed by atoms with Gasteiger partial charge in [-0.25, -0.2) is 0 Å². The van der Waals surface area contributed by atoms with Crippen LogP contribution in [0.15, 0.2) is 24.3 Å². The molecule has 0 heterocycles. The lowest BCUT2D eigenvalue weighted by molar-refractivity contribution is 0.0644. The van der Waals surface area contributed by atoms with Gasteiger partial charge in [0.15, 0.2) is 0 Å². The first-order valence-corrected chi connectivity index (χ1v) is 6.26. The first kappa shape index (κ1) is 15.5. The molecule has 1 rings (SSSR count). The number of hydrogen-bond donors (Lipinski definition) is 1. The molecule has 0 fully saturated rings. The Morgan fingerprint density at radius 1 is 1.05 bits per heavy atom. The zero-order valence-electron chi connectivity index (χ0n) is 11.2. The minimum absolute atomic E-state index is 0.124. The normalized spacial score (nSPS) is 9.79. The van der Waals surface area contributed by atoms with Crippen molar-refractivity contribution in [3.8, 4) is 17.6 Å². The molecule has 0 aliphatic rings. The minimum Gasteiger partial charge on any atom is -0.494 e. The Morgan fingerprint density at radius 2 is 1.84 bits per heavy atom. The van der Waals surface area contributed by atoms with Gasteiger partial charge in [-0.1, -0.05) is 11.8 Å². The third kappa shape index (κ3) is 7.47. The van der Waals surface area contributed by atoms with E-state index in [1.54, 1.807) is 7.11 Å². The van der Waals surface area contributed by atoms with Gasteiger partial charge in [0, 0.05) is 25.7 Å². The Bertz CT molecular complexity index is 389. The Kier molecular flexibility index (Phi) is 8.48. The smallest absolute Gasteiger partial charge is 0.119 e. The van der Waals surface area contributed by atoms with E-state index in [0.29, 0.717) is 26.4 Å². The maximum absolute atomic E-state index is 8.58. The molecule has 0 amide bonds. The summed E-state index contributed by atoms with van der Waals surface area (Å²) in [5, 5.41) is 8.58. The molecular weight excluding hydrogens is 244 g/mol. The molecule has 0 aliphatic carbocycles. The predicted octanol–water partition coefficient (Wildman–Crippen LogP) is 1.46. The van der Waals surface area contributed by atoms with Gasteiger partial charge in [0.25, 0.3) is 0 Å². The molecule has 0 atom stereocenters. The van der Waals surface area contributed by atoms with E-state index < -0.39 is 0 Å². The van der Waals surface area contributed by atoms with Crippen molar-refractivity contribution in [2.45, 2.75) is 6.42 Å². The van der Waals surface area contributed by atoms with Crippen LogP contribution in [0.4, 0.5) is 0 Å². The fourth-order valence-corrected chi connectivity index (χ4v) is 1.37. The van der Waals surface area contributed by atoms with E-state index in [1.165, 1.54) is 0 Å². The molecule has 1 N–H and O–H groups in total. The van der Waals surface area contributed by atoms with E-state index in [2.05, 4.69) is 11.8 Å². The summed E-state index contributed by atoms with van der Waals surface area (Å²) in [5.74, 6) is 6.24. The highest BCUT2D eigenvalue weighted by molar-refractivity contribution is 5.38.